The minimum Gasteiger partial charge on any atom is -0.489 e. The molecule has 0 fully saturated rings. The van der Waals surface area contributed by atoms with Gasteiger partial charge in [-0.2, -0.15) is 13.2 Å². The van der Waals surface area contributed by atoms with Crippen LogP contribution in [0.15, 0.2) is 46.3 Å². The quantitative estimate of drug-likeness (QED) is 0.119. The highest BCUT2D eigenvalue weighted by Gasteiger charge is 2.32. The highest BCUT2D eigenvalue weighted by Crippen LogP contribution is 2.36. The lowest BCUT2D eigenvalue weighted by atomic mass is 10.1. The van der Waals surface area contributed by atoms with Crippen LogP contribution >= 0.6 is 11.8 Å². The molecule has 6 nitrogen and oxygen atoms in total. The summed E-state index contributed by atoms with van der Waals surface area (Å²) in [5.74, 6) is 1.17. The molecule has 36 heavy (non-hydrogen) atoms. The average Bonchev–Trinajstić information content (AvgIpc) is 2.82. The fourth-order valence-corrected chi connectivity index (χ4v) is 3.60. The number of halogens is 5. The van der Waals surface area contributed by atoms with E-state index in [1.165, 1.54) is 0 Å². The third kappa shape index (κ3) is 8.14. The first kappa shape index (κ1) is 29.0. The Morgan fingerprint density at radius 2 is 1.86 bits per heavy atom. The smallest absolute Gasteiger partial charge is 0.416 e. The number of alkyl halides is 3. The maximum Gasteiger partial charge on any atom is 0.416 e. The summed E-state index contributed by atoms with van der Waals surface area (Å²) in [7, 11) is 3.24. The number of anilines is 1. The van der Waals surface area contributed by atoms with Gasteiger partial charge < -0.3 is 14.8 Å². The van der Waals surface area contributed by atoms with E-state index in [2.05, 4.69) is 10.3 Å². The predicted molar refractivity (Wildman–Crippen MR) is 132 cm³/mol. The maximum atomic E-state index is 13.3. The van der Waals surface area contributed by atoms with Crippen LogP contribution in [-0.4, -0.2) is 32.2 Å². The van der Waals surface area contributed by atoms with E-state index in [0.29, 0.717) is 40.3 Å². The molecule has 0 spiro atoms. The van der Waals surface area contributed by atoms with Gasteiger partial charge in [-0.05, 0) is 47.2 Å². The van der Waals surface area contributed by atoms with Gasteiger partial charge in [0.15, 0.2) is 17.1 Å². The van der Waals surface area contributed by atoms with E-state index in [1.807, 2.05) is 13.8 Å². The van der Waals surface area contributed by atoms with Crippen LogP contribution in [0.2, 0.25) is 0 Å². The van der Waals surface area contributed by atoms with E-state index >= 15 is 0 Å². The molecular weight excluding hydrogens is 505 g/mol. The molecule has 0 bridgehead atoms. The third-order valence-corrected chi connectivity index (χ3v) is 5.35. The van der Waals surface area contributed by atoms with Crippen LogP contribution < -0.4 is 20.1 Å². The summed E-state index contributed by atoms with van der Waals surface area (Å²) in [4.78, 5) is 15.7. The Kier molecular flexibility index (Phi) is 10.6. The van der Waals surface area contributed by atoms with Crippen molar-refractivity contribution in [2.45, 2.75) is 26.6 Å². The molecule has 0 aliphatic rings. The first-order chi connectivity index (χ1) is 17.0. The summed E-state index contributed by atoms with van der Waals surface area (Å²) in [6.07, 6.45) is -3.05. The van der Waals surface area contributed by atoms with Gasteiger partial charge in [0, 0.05) is 19.7 Å². The first-order valence-corrected chi connectivity index (χ1v) is 11.6. The lowest BCUT2D eigenvalue weighted by Crippen LogP contribution is -2.19. The second-order valence-electron chi connectivity index (χ2n) is 7.82. The fraction of sp³-hybridized carbons (Fsp3) is 0.333. The van der Waals surface area contributed by atoms with E-state index in [1.54, 1.807) is 38.4 Å². The largest absolute Gasteiger partial charge is 0.489 e. The summed E-state index contributed by atoms with van der Waals surface area (Å²) in [5, 5.41) is 1.52. The van der Waals surface area contributed by atoms with Crippen LogP contribution in [0.3, 0.4) is 0 Å². The predicted octanol–water partition coefficient (Wildman–Crippen LogP) is 6.41. The van der Waals surface area contributed by atoms with Crippen molar-refractivity contribution in [2.24, 2.45) is 10.9 Å². The van der Waals surface area contributed by atoms with Gasteiger partial charge in [-0.15, -0.1) is 0 Å². The number of likely N-dealkylation sites (N-methyl/N-ethyl adjacent to an activating group) is 1. The number of nitrogens with one attached hydrogen (secondary N) is 1. The lowest BCUT2D eigenvalue weighted by Gasteiger charge is -2.17. The molecule has 2 aromatic rings. The van der Waals surface area contributed by atoms with Gasteiger partial charge in [0.1, 0.15) is 18.1 Å². The van der Waals surface area contributed by atoms with E-state index < -0.39 is 29.4 Å². The van der Waals surface area contributed by atoms with Crippen molar-refractivity contribution >= 4 is 35.0 Å². The summed E-state index contributed by atoms with van der Waals surface area (Å²) < 4.78 is 77.0. The Bertz CT molecular complexity index is 1100. The van der Waals surface area contributed by atoms with Gasteiger partial charge in [0.25, 0.3) is 0 Å². The maximum absolute atomic E-state index is 13.3. The van der Waals surface area contributed by atoms with Crippen molar-refractivity contribution in [3.8, 4) is 11.5 Å². The molecule has 2 aromatic carbocycles. The van der Waals surface area contributed by atoms with Crippen molar-refractivity contribution in [3.05, 3.63) is 58.0 Å². The summed E-state index contributed by atoms with van der Waals surface area (Å²) in [6.45, 7) is 3.77. The van der Waals surface area contributed by atoms with E-state index in [-0.39, 0.29) is 17.2 Å². The van der Waals surface area contributed by atoms with Gasteiger partial charge in [0.05, 0.1) is 17.1 Å². The number of carbonyl (C=O) groups excluding carboxylic acids is 1. The number of carbonyl (C=O) groups is 1. The summed E-state index contributed by atoms with van der Waals surface area (Å²) >= 11 is 0.931. The molecule has 0 amide bonds. The SMILES string of the molecule is CN=C(NC)/C(=C/c1ccc(OCc2ccc(C(F)(F)F)cc2N(F)F)c(OCC(C)C)c1)SC=O. The summed E-state index contributed by atoms with van der Waals surface area (Å²) in [6, 6.07) is 6.90. The Balaban J connectivity index is 2.40. The number of benzene rings is 2. The van der Waals surface area contributed by atoms with Gasteiger partial charge in [-0.25, -0.2) is 0 Å². The number of ether oxygens (including phenoxy) is 2. The Hall–Kier alpha value is -3.28. The van der Waals surface area contributed by atoms with Gasteiger partial charge in [0.2, 0.25) is 0 Å². The molecule has 0 aliphatic carbocycles. The van der Waals surface area contributed by atoms with Crippen LogP contribution in [0.5, 0.6) is 11.5 Å². The van der Waals surface area contributed by atoms with Crippen molar-refractivity contribution in [1.29, 1.82) is 0 Å². The molecule has 0 heterocycles. The monoisotopic (exact) mass is 531 g/mol. The highest BCUT2D eigenvalue weighted by molar-refractivity contribution is 8.16. The number of thioether (sulfide) groups is 1. The number of nitrogens with zero attached hydrogens (tertiary/aromatic N) is 2. The number of rotatable bonds is 11. The Labute approximate surface area is 210 Å². The molecular formula is C24H26F5N3O3S. The van der Waals surface area contributed by atoms with Crippen LogP contribution in [-0.2, 0) is 17.6 Å². The molecule has 0 atom stereocenters. The topological polar surface area (TPSA) is 63.2 Å². The highest BCUT2D eigenvalue weighted by atomic mass is 32.2. The lowest BCUT2D eigenvalue weighted by molar-refractivity contribution is -0.137. The molecule has 196 valence electrons. The minimum atomic E-state index is -4.76. The van der Waals surface area contributed by atoms with Gasteiger partial charge in [-0.1, -0.05) is 46.7 Å². The molecule has 0 radical (unpaired) electrons. The van der Waals surface area contributed by atoms with Gasteiger partial charge in [-0.3, -0.25) is 9.79 Å². The van der Waals surface area contributed by atoms with Crippen LogP contribution in [0.4, 0.5) is 27.8 Å². The van der Waals surface area contributed by atoms with Gasteiger partial charge >= 0.3 is 6.18 Å². The normalized spacial score (nSPS) is 12.5. The van der Waals surface area contributed by atoms with E-state index in [9.17, 15) is 26.9 Å². The Morgan fingerprint density at radius 1 is 1.14 bits per heavy atom. The van der Waals surface area contributed by atoms with Crippen molar-refractivity contribution in [2.75, 3.05) is 26.0 Å². The molecule has 0 aromatic heterocycles. The van der Waals surface area contributed by atoms with Crippen LogP contribution in [0, 0.1) is 5.92 Å². The molecule has 2 rings (SSSR count). The zero-order valence-electron chi connectivity index (χ0n) is 20.0. The Morgan fingerprint density at radius 3 is 2.42 bits per heavy atom. The molecule has 0 saturated carbocycles. The second-order valence-corrected chi connectivity index (χ2v) is 8.69. The van der Waals surface area contributed by atoms with Crippen molar-refractivity contribution in [1.82, 2.24) is 5.32 Å². The second kappa shape index (κ2) is 13.1. The zero-order chi connectivity index (χ0) is 26.9. The molecule has 0 aliphatic heterocycles. The molecule has 0 saturated heterocycles. The third-order valence-electron chi connectivity index (χ3n) is 4.68. The summed E-state index contributed by atoms with van der Waals surface area (Å²) in [5.41, 5.74) is -0.935. The standard InChI is InChI=1S/C24H26F5N3O3S/c1-15(2)12-34-21-9-16(10-22(36-14-33)23(30-3)31-4)5-8-20(21)35-13-17-6-7-18(24(25,26)27)11-19(17)32(28)29/h5-11,14-15H,12-13H2,1-4H3,(H,30,31)/b22-10-. The van der Waals surface area contributed by atoms with E-state index in [0.717, 1.165) is 23.9 Å². The van der Waals surface area contributed by atoms with Crippen LogP contribution in [0.25, 0.3) is 6.08 Å². The number of aliphatic imine (C=N–C) groups is 1. The molecule has 0 unspecified atom stereocenters. The molecule has 1 N–H and O–H groups in total. The number of amidine groups is 1. The van der Waals surface area contributed by atoms with Crippen molar-refractivity contribution < 1.29 is 36.4 Å². The minimum absolute atomic E-state index is 0.144. The first-order valence-electron chi connectivity index (χ1n) is 10.7. The zero-order valence-corrected chi connectivity index (χ0v) is 20.8. The fourth-order valence-electron chi connectivity index (χ4n) is 2.98. The average molecular weight is 532 g/mol. The van der Waals surface area contributed by atoms with E-state index in [4.69, 9.17) is 9.47 Å². The number of hydrogen-bond acceptors (Lipinski definition) is 6. The van der Waals surface area contributed by atoms with Crippen LogP contribution in [0.1, 0.15) is 30.5 Å². The molecule has 12 heteroatoms. The number of hydrogen-bond donors (Lipinski definition) is 1. The van der Waals surface area contributed by atoms with Crippen molar-refractivity contribution in [3.63, 3.8) is 0 Å².